The maximum atomic E-state index is 13.0. The number of carbonyl (C=O) groups is 1. The van der Waals surface area contributed by atoms with Gasteiger partial charge in [0.1, 0.15) is 11.2 Å². The summed E-state index contributed by atoms with van der Waals surface area (Å²) in [6, 6.07) is 27.2. The Morgan fingerprint density at radius 3 is 1.46 bits per heavy atom. The van der Waals surface area contributed by atoms with E-state index in [0.717, 1.165) is 16.7 Å². The molecule has 0 heterocycles. The number of rotatable bonds is 4. The molecule has 0 amide bonds. The maximum Gasteiger partial charge on any atom is 0.149 e. The van der Waals surface area contributed by atoms with E-state index in [4.69, 9.17) is 11.6 Å². The third kappa shape index (κ3) is 3.89. The van der Waals surface area contributed by atoms with Crippen LogP contribution in [-0.4, -0.2) is 5.78 Å². The fourth-order valence-electron chi connectivity index (χ4n) is 3.22. The predicted molar refractivity (Wildman–Crippen MR) is 115 cm³/mol. The van der Waals surface area contributed by atoms with Gasteiger partial charge in [0, 0.05) is 5.02 Å². The molecule has 0 unspecified atom stereocenters. The highest BCUT2D eigenvalue weighted by atomic mass is 35.5. The summed E-state index contributed by atoms with van der Waals surface area (Å²) in [4.78, 5) is 13.0. The van der Waals surface area contributed by atoms with Crippen molar-refractivity contribution >= 4 is 17.4 Å². The normalized spacial score (nSPS) is 9.92. The summed E-state index contributed by atoms with van der Waals surface area (Å²) in [5.41, 5.74) is 1.76. The van der Waals surface area contributed by atoms with Gasteiger partial charge in [-0.1, -0.05) is 113 Å². The lowest BCUT2D eigenvalue weighted by atomic mass is 9.67. The van der Waals surface area contributed by atoms with Crippen molar-refractivity contribution in [2.75, 3.05) is 0 Å². The monoisotopic (exact) mass is 368 g/mol. The van der Waals surface area contributed by atoms with E-state index >= 15 is 0 Å². The van der Waals surface area contributed by atoms with Gasteiger partial charge in [0.05, 0.1) is 0 Å². The predicted octanol–water partition coefficient (Wildman–Crippen LogP) is 7.17. The summed E-state index contributed by atoms with van der Waals surface area (Å²) in [7, 11) is 0. The first-order valence-corrected chi connectivity index (χ1v) is 7.92. The molecular formula is C24H29ClO. The van der Waals surface area contributed by atoms with Gasteiger partial charge >= 0.3 is 0 Å². The van der Waals surface area contributed by atoms with Gasteiger partial charge < -0.3 is 0 Å². The molecule has 0 N–H and O–H groups in total. The van der Waals surface area contributed by atoms with E-state index in [1.807, 2.05) is 84.9 Å². The molecule has 0 aliphatic rings. The first-order chi connectivity index (χ1) is 11.2. The van der Waals surface area contributed by atoms with Crippen LogP contribution in [0.15, 0.2) is 84.9 Å². The van der Waals surface area contributed by atoms with Gasteiger partial charge in [0.15, 0.2) is 0 Å². The van der Waals surface area contributed by atoms with Gasteiger partial charge in [-0.15, -0.1) is 0 Å². The second-order valence-corrected chi connectivity index (χ2v) is 5.93. The van der Waals surface area contributed by atoms with Crippen molar-refractivity contribution in [2.45, 2.75) is 34.6 Å². The first kappa shape index (κ1) is 23.6. The minimum atomic E-state index is -0.902. The molecule has 0 aromatic heterocycles. The highest BCUT2D eigenvalue weighted by Gasteiger charge is 2.42. The largest absolute Gasteiger partial charge is 0.298 e. The van der Waals surface area contributed by atoms with Crippen LogP contribution in [0.2, 0.25) is 5.02 Å². The SMILES string of the molecule is C.C.C.CC(=O)C(c1ccccc1)(c1ccccc1)c1ccccc1Cl. The van der Waals surface area contributed by atoms with Crippen LogP contribution in [-0.2, 0) is 10.2 Å². The Balaban J connectivity index is 0.00000208. The molecule has 0 bridgehead atoms. The zero-order valence-electron chi connectivity index (χ0n) is 12.9. The minimum Gasteiger partial charge on any atom is -0.298 e. The van der Waals surface area contributed by atoms with Crippen LogP contribution in [0, 0.1) is 0 Å². The zero-order chi connectivity index (χ0) is 16.3. The van der Waals surface area contributed by atoms with Gasteiger partial charge in [0.25, 0.3) is 0 Å². The fraction of sp³-hybridized carbons (Fsp3) is 0.208. The molecule has 3 aromatic rings. The van der Waals surface area contributed by atoms with Crippen molar-refractivity contribution in [3.63, 3.8) is 0 Å². The molecule has 0 fully saturated rings. The average molecular weight is 369 g/mol. The molecule has 0 radical (unpaired) electrons. The molecule has 0 aliphatic heterocycles. The molecule has 3 aromatic carbocycles. The number of benzene rings is 3. The second-order valence-electron chi connectivity index (χ2n) is 5.52. The highest BCUT2D eigenvalue weighted by molar-refractivity contribution is 6.32. The van der Waals surface area contributed by atoms with Crippen molar-refractivity contribution in [1.29, 1.82) is 0 Å². The van der Waals surface area contributed by atoms with E-state index in [1.54, 1.807) is 6.92 Å². The fourth-order valence-corrected chi connectivity index (χ4v) is 3.49. The average Bonchev–Trinajstić information content (AvgIpc) is 2.59. The van der Waals surface area contributed by atoms with Crippen molar-refractivity contribution in [3.05, 3.63) is 107 Å². The number of halogens is 1. The Morgan fingerprint density at radius 1 is 0.692 bits per heavy atom. The summed E-state index contributed by atoms with van der Waals surface area (Å²) in [6.07, 6.45) is 0. The van der Waals surface area contributed by atoms with E-state index in [1.165, 1.54) is 0 Å². The molecule has 0 saturated heterocycles. The Kier molecular flexibility index (Phi) is 9.03. The van der Waals surface area contributed by atoms with Crippen molar-refractivity contribution in [3.8, 4) is 0 Å². The number of ketones is 1. The smallest absolute Gasteiger partial charge is 0.149 e. The topological polar surface area (TPSA) is 17.1 Å². The number of hydrogen-bond donors (Lipinski definition) is 0. The third-order valence-electron chi connectivity index (χ3n) is 4.22. The lowest BCUT2D eigenvalue weighted by Crippen LogP contribution is -2.37. The van der Waals surface area contributed by atoms with Gasteiger partial charge in [-0.2, -0.15) is 0 Å². The van der Waals surface area contributed by atoms with Crippen molar-refractivity contribution in [2.24, 2.45) is 0 Å². The number of carbonyl (C=O) groups excluding carboxylic acids is 1. The quantitative estimate of drug-likeness (QED) is 0.446. The van der Waals surface area contributed by atoms with Crippen LogP contribution in [0.3, 0.4) is 0 Å². The van der Waals surface area contributed by atoms with Crippen molar-refractivity contribution < 1.29 is 4.79 Å². The van der Waals surface area contributed by atoms with Gasteiger partial charge in [-0.25, -0.2) is 0 Å². The molecular weight excluding hydrogens is 340 g/mol. The highest BCUT2D eigenvalue weighted by Crippen LogP contribution is 2.42. The number of hydrogen-bond acceptors (Lipinski definition) is 1. The Bertz CT molecular complexity index is 770. The van der Waals surface area contributed by atoms with Crippen LogP contribution in [0.25, 0.3) is 0 Å². The summed E-state index contributed by atoms with van der Waals surface area (Å²) >= 11 is 6.50. The summed E-state index contributed by atoms with van der Waals surface area (Å²) < 4.78 is 0. The van der Waals surface area contributed by atoms with Crippen LogP contribution in [0.5, 0.6) is 0 Å². The third-order valence-corrected chi connectivity index (χ3v) is 4.55. The molecule has 138 valence electrons. The Morgan fingerprint density at radius 2 is 1.08 bits per heavy atom. The standard InChI is InChI=1S/C21H17ClO.3CH4/c1-16(23)21(17-10-4-2-5-11-17,18-12-6-3-7-13-18)19-14-8-9-15-20(19)22;;;/h2-15H,1H3;3*1H4. The van der Waals surface area contributed by atoms with E-state index in [9.17, 15) is 4.79 Å². The van der Waals surface area contributed by atoms with Gasteiger partial charge in [0.2, 0.25) is 0 Å². The van der Waals surface area contributed by atoms with Crippen LogP contribution in [0.1, 0.15) is 45.9 Å². The molecule has 0 spiro atoms. The van der Waals surface area contributed by atoms with Gasteiger partial charge in [-0.05, 0) is 29.7 Å². The Hall–Kier alpha value is -2.38. The van der Waals surface area contributed by atoms with Gasteiger partial charge in [-0.3, -0.25) is 4.79 Å². The minimum absolute atomic E-state index is 0. The molecule has 0 aliphatic carbocycles. The first-order valence-electron chi connectivity index (χ1n) is 7.54. The molecule has 2 heteroatoms. The van der Waals surface area contributed by atoms with Crippen LogP contribution >= 0.6 is 11.6 Å². The molecule has 26 heavy (non-hydrogen) atoms. The van der Waals surface area contributed by atoms with E-state index in [0.29, 0.717) is 5.02 Å². The molecule has 0 atom stereocenters. The van der Waals surface area contributed by atoms with E-state index in [-0.39, 0.29) is 28.1 Å². The number of Topliss-reactive ketones (excluding diaryl/α,β-unsaturated/α-hetero) is 1. The maximum absolute atomic E-state index is 13.0. The lowest BCUT2D eigenvalue weighted by molar-refractivity contribution is -0.119. The lowest BCUT2D eigenvalue weighted by Gasteiger charge is -2.34. The summed E-state index contributed by atoms with van der Waals surface area (Å²) in [6.45, 7) is 1.63. The van der Waals surface area contributed by atoms with E-state index < -0.39 is 5.41 Å². The van der Waals surface area contributed by atoms with E-state index in [2.05, 4.69) is 0 Å². The summed E-state index contributed by atoms with van der Waals surface area (Å²) in [5.74, 6) is 0.0444. The molecule has 1 nitrogen and oxygen atoms in total. The second kappa shape index (κ2) is 9.94. The summed E-state index contributed by atoms with van der Waals surface area (Å²) in [5, 5.41) is 0.593. The zero-order valence-corrected chi connectivity index (χ0v) is 13.6. The Labute approximate surface area is 163 Å². The molecule has 3 rings (SSSR count). The van der Waals surface area contributed by atoms with Crippen molar-refractivity contribution in [1.82, 2.24) is 0 Å². The van der Waals surface area contributed by atoms with Crippen LogP contribution < -0.4 is 0 Å². The molecule has 0 saturated carbocycles. The van der Waals surface area contributed by atoms with Crippen LogP contribution in [0.4, 0.5) is 0 Å².